The molecule has 1 aliphatic heterocycles. The van der Waals surface area contributed by atoms with Crippen LogP contribution in [0.25, 0.3) is 10.4 Å². The molecule has 0 spiro atoms. The van der Waals surface area contributed by atoms with E-state index >= 15 is 0 Å². The molecule has 9 nitrogen and oxygen atoms in total. The van der Waals surface area contributed by atoms with Gasteiger partial charge < -0.3 is 15.0 Å². The lowest BCUT2D eigenvalue weighted by Crippen LogP contribution is -2.75. The van der Waals surface area contributed by atoms with Crippen molar-refractivity contribution in [2.75, 3.05) is 26.2 Å². The predicted octanol–water partition coefficient (Wildman–Crippen LogP) is 7.05. The summed E-state index contributed by atoms with van der Waals surface area (Å²) in [4.78, 5) is 44.9. The van der Waals surface area contributed by atoms with Crippen molar-refractivity contribution in [3.8, 4) is 0 Å². The summed E-state index contributed by atoms with van der Waals surface area (Å²) in [6.45, 7) is 14.4. The molecule has 1 heterocycles. The molecule has 1 saturated heterocycles. The van der Waals surface area contributed by atoms with Crippen LogP contribution in [0.2, 0.25) is 0 Å². The van der Waals surface area contributed by atoms with Crippen LogP contribution >= 0.6 is 0 Å². The Morgan fingerprint density at radius 2 is 1.84 bits per heavy atom. The van der Waals surface area contributed by atoms with Crippen molar-refractivity contribution in [3.63, 3.8) is 0 Å². The second-order valence-corrected chi connectivity index (χ2v) is 15.1. The highest BCUT2D eigenvalue weighted by molar-refractivity contribution is 5.95. The van der Waals surface area contributed by atoms with Crippen LogP contribution in [0.1, 0.15) is 119 Å². The Kier molecular flexibility index (Phi) is 10.8. The second-order valence-electron chi connectivity index (χ2n) is 15.1. The number of ether oxygens (including phenoxy) is 1. The van der Waals surface area contributed by atoms with Gasteiger partial charge >= 0.3 is 5.97 Å². The first kappa shape index (κ1) is 33.6. The molecule has 3 saturated carbocycles. The van der Waals surface area contributed by atoms with E-state index in [1.165, 1.54) is 38.5 Å². The average molecular weight is 600 g/mol. The average Bonchev–Trinajstić information content (AvgIpc) is 3.32. The van der Waals surface area contributed by atoms with Gasteiger partial charge in [-0.05, 0) is 105 Å². The topological polar surface area (TPSA) is 124 Å². The van der Waals surface area contributed by atoms with E-state index in [1.54, 1.807) is 6.92 Å². The molecule has 4 aliphatic rings. The highest BCUT2D eigenvalue weighted by atomic mass is 16.5. The highest BCUT2D eigenvalue weighted by Gasteiger charge is 2.69. The van der Waals surface area contributed by atoms with E-state index in [9.17, 15) is 14.4 Å². The van der Waals surface area contributed by atoms with Crippen LogP contribution in [0.15, 0.2) is 5.11 Å². The van der Waals surface area contributed by atoms with E-state index in [0.29, 0.717) is 55.4 Å². The number of amides is 2. The maximum absolute atomic E-state index is 14.4. The van der Waals surface area contributed by atoms with Gasteiger partial charge in [0, 0.05) is 29.8 Å². The number of piperidine rings is 1. The summed E-state index contributed by atoms with van der Waals surface area (Å²) < 4.78 is 5.11. The lowest BCUT2D eigenvalue weighted by molar-refractivity contribution is -0.196. The van der Waals surface area contributed by atoms with Crippen molar-refractivity contribution in [1.82, 2.24) is 10.2 Å². The molecule has 43 heavy (non-hydrogen) atoms. The van der Waals surface area contributed by atoms with Crippen LogP contribution in [0, 0.1) is 46.3 Å². The third-order valence-electron chi connectivity index (χ3n) is 12.6. The quantitative estimate of drug-likeness (QED) is 0.0801. The molecule has 2 amide bonds. The molecule has 242 valence electrons. The van der Waals surface area contributed by atoms with Crippen LogP contribution in [-0.2, 0) is 19.1 Å². The molecule has 0 radical (unpaired) electrons. The molecule has 9 heteroatoms. The van der Waals surface area contributed by atoms with Crippen molar-refractivity contribution in [2.45, 2.75) is 124 Å². The van der Waals surface area contributed by atoms with Gasteiger partial charge in [-0.1, -0.05) is 59.0 Å². The molecule has 4 fully saturated rings. The fraction of sp³-hybridized carbons (Fsp3) is 0.912. The Morgan fingerprint density at radius 3 is 2.53 bits per heavy atom. The summed E-state index contributed by atoms with van der Waals surface area (Å²) >= 11 is 0. The minimum atomic E-state index is -1.03. The Hall–Kier alpha value is -2.28. The molecule has 0 bridgehead atoms. The molecule has 8 atom stereocenters. The Morgan fingerprint density at radius 1 is 1.07 bits per heavy atom. The van der Waals surface area contributed by atoms with Crippen LogP contribution in [0.3, 0.4) is 0 Å². The number of esters is 1. The number of rotatable bonds is 13. The number of likely N-dealkylation sites (tertiary alicyclic amines) is 1. The number of hydrogen-bond acceptors (Lipinski definition) is 5. The first-order valence-corrected chi connectivity index (χ1v) is 17.2. The molecule has 0 aromatic heterocycles. The maximum atomic E-state index is 14.4. The predicted molar refractivity (Wildman–Crippen MR) is 168 cm³/mol. The number of fused-ring (bicyclic) bond motifs is 5. The van der Waals surface area contributed by atoms with Gasteiger partial charge in [0.1, 0.15) is 12.1 Å². The molecular formula is C34H57N5O4. The van der Waals surface area contributed by atoms with E-state index in [0.717, 1.165) is 30.6 Å². The minimum Gasteiger partial charge on any atom is -0.465 e. The van der Waals surface area contributed by atoms with Crippen LogP contribution in [-0.4, -0.2) is 54.5 Å². The van der Waals surface area contributed by atoms with Gasteiger partial charge in [0.15, 0.2) is 0 Å². The number of nitrogens with one attached hydrogen (secondary N) is 1. The van der Waals surface area contributed by atoms with Gasteiger partial charge in [-0.3, -0.25) is 14.4 Å². The van der Waals surface area contributed by atoms with Gasteiger partial charge in [-0.2, -0.15) is 0 Å². The zero-order valence-corrected chi connectivity index (χ0v) is 27.7. The SMILES string of the molecule is CCOC(=O)CNC(=O)[C@]12CC[C@H]3[C@@H]4CC[C@H]([C@H](C)CCCC(C)C)[C@@]4(C)CC[C@@H]3[C@@]1(C)CCC(=O)N2CCCN=[N+]=[N-]. The molecule has 0 unspecified atom stereocenters. The van der Waals surface area contributed by atoms with Crippen molar-refractivity contribution in [3.05, 3.63) is 10.4 Å². The van der Waals surface area contributed by atoms with Crippen molar-refractivity contribution in [2.24, 2.45) is 51.5 Å². The highest BCUT2D eigenvalue weighted by Crippen LogP contribution is 2.69. The summed E-state index contributed by atoms with van der Waals surface area (Å²) in [5, 5.41) is 6.60. The number of carbonyl (C=O) groups excluding carboxylic acids is 3. The second kappa shape index (κ2) is 13.8. The molecule has 0 aromatic rings. The minimum absolute atomic E-state index is 0.0139. The first-order chi connectivity index (χ1) is 20.5. The fourth-order valence-corrected chi connectivity index (χ4v) is 10.7. The summed E-state index contributed by atoms with van der Waals surface area (Å²) in [5.41, 5.74) is 7.71. The normalized spacial score (nSPS) is 35.8. The van der Waals surface area contributed by atoms with E-state index < -0.39 is 16.9 Å². The van der Waals surface area contributed by atoms with Gasteiger partial charge in [0.05, 0.1) is 6.61 Å². The fourth-order valence-electron chi connectivity index (χ4n) is 10.7. The third-order valence-corrected chi connectivity index (χ3v) is 12.6. The van der Waals surface area contributed by atoms with Crippen molar-refractivity contribution < 1.29 is 19.1 Å². The van der Waals surface area contributed by atoms with Crippen LogP contribution < -0.4 is 5.32 Å². The Bertz CT molecular complexity index is 1080. The lowest BCUT2D eigenvalue weighted by Gasteiger charge is -2.67. The molecular weight excluding hydrogens is 542 g/mol. The van der Waals surface area contributed by atoms with Crippen LogP contribution in [0.4, 0.5) is 0 Å². The molecule has 3 aliphatic carbocycles. The summed E-state index contributed by atoms with van der Waals surface area (Å²) in [6, 6.07) is 0. The Labute approximate surface area is 259 Å². The molecule has 0 aromatic carbocycles. The number of azide groups is 1. The van der Waals surface area contributed by atoms with E-state index in [4.69, 9.17) is 10.3 Å². The van der Waals surface area contributed by atoms with Gasteiger partial charge in [-0.25, -0.2) is 0 Å². The number of nitrogens with zero attached hydrogens (tertiary/aromatic N) is 4. The van der Waals surface area contributed by atoms with E-state index in [-0.39, 0.29) is 31.5 Å². The number of carbonyl (C=O) groups is 3. The molecule has 4 rings (SSSR count). The van der Waals surface area contributed by atoms with Crippen LogP contribution in [0.5, 0.6) is 0 Å². The summed E-state index contributed by atoms with van der Waals surface area (Å²) in [7, 11) is 0. The first-order valence-electron chi connectivity index (χ1n) is 17.2. The standard InChI is InChI=1S/C34H57N5O4/c1-7-43-30(41)22-36-31(42)34-19-14-25-27-13-12-26(24(4)11-8-10-23(2)3)32(27,5)17-15-28(25)33(34,6)18-16-29(40)39(34)21-9-20-37-38-35/h23-28H,7-22H2,1-6H3,(H,36,42)/t24-,25+,26-,27+,28+,32-,33-,34-/m1/s1. The zero-order valence-electron chi connectivity index (χ0n) is 27.7. The van der Waals surface area contributed by atoms with Gasteiger partial charge in [0.25, 0.3) is 0 Å². The largest absolute Gasteiger partial charge is 0.465 e. The lowest BCUT2D eigenvalue weighted by atomic mass is 9.42. The summed E-state index contributed by atoms with van der Waals surface area (Å²) in [6.07, 6.45) is 11.9. The maximum Gasteiger partial charge on any atom is 0.325 e. The number of hydrogen-bond donors (Lipinski definition) is 1. The third kappa shape index (κ3) is 6.17. The van der Waals surface area contributed by atoms with E-state index in [1.807, 2.05) is 4.90 Å². The zero-order chi connectivity index (χ0) is 31.4. The van der Waals surface area contributed by atoms with Crippen molar-refractivity contribution in [1.29, 1.82) is 0 Å². The monoisotopic (exact) mass is 599 g/mol. The van der Waals surface area contributed by atoms with Gasteiger partial charge in [0.2, 0.25) is 11.8 Å². The smallest absolute Gasteiger partial charge is 0.325 e. The molecule has 1 N–H and O–H groups in total. The van der Waals surface area contributed by atoms with E-state index in [2.05, 4.69) is 50.0 Å². The van der Waals surface area contributed by atoms with Crippen molar-refractivity contribution >= 4 is 17.8 Å². The summed E-state index contributed by atoms with van der Waals surface area (Å²) in [5.74, 6) is 3.07. The Balaban J connectivity index is 1.62. The van der Waals surface area contributed by atoms with Gasteiger partial charge in [-0.15, -0.1) is 0 Å².